The Labute approximate surface area is 171 Å². The third-order valence-corrected chi connectivity index (χ3v) is 5.04. The minimum Gasteiger partial charge on any atom is -0.338 e. The predicted octanol–water partition coefficient (Wildman–Crippen LogP) is 3.56. The lowest BCUT2D eigenvalue weighted by molar-refractivity contribution is 0.240. The molecule has 6 heteroatoms. The first-order valence-corrected chi connectivity index (χ1v) is 10.1. The molecule has 1 aromatic heterocycles. The van der Waals surface area contributed by atoms with E-state index in [0.29, 0.717) is 26.1 Å². The number of aryl methyl sites for hydroxylation is 1. The molecule has 1 heterocycles. The summed E-state index contributed by atoms with van der Waals surface area (Å²) in [5, 5.41) is 5.74. The number of nitrogens with one attached hydrogen (secondary N) is 3. The molecule has 0 atom stereocenters. The summed E-state index contributed by atoms with van der Waals surface area (Å²) in [6, 6.07) is 16.0. The fraction of sp³-hybridized carbons (Fsp3) is 0.391. The zero-order valence-corrected chi connectivity index (χ0v) is 17.4. The van der Waals surface area contributed by atoms with Gasteiger partial charge in [0.15, 0.2) is 0 Å². The highest BCUT2D eigenvalue weighted by atomic mass is 16.2. The Hall–Kier alpha value is -3.02. The van der Waals surface area contributed by atoms with Crippen LogP contribution in [-0.4, -0.2) is 28.7 Å². The Balaban J connectivity index is 1.37. The van der Waals surface area contributed by atoms with Crippen molar-refractivity contribution in [1.29, 1.82) is 0 Å². The van der Waals surface area contributed by atoms with Gasteiger partial charge in [0.05, 0.1) is 11.0 Å². The molecular formula is C23H30N4O2. The molecule has 0 radical (unpaired) electrons. The van der Waals surface area contributed by atoms with Crippen LogP contribution in [0.1, 0.15) is 38.3 Å². The molecule has 3 rings (SSSR count). The lowest BCUT2D eigenvalue weighted by atomic mass is 9.86. The molecule has 0 aliphatic rings. The van der Waals surface area contributed by atoms with Gasteiger partial charge in [-0.2, -0.15) is 0 Å². The molecule has 3 N–H and O–H groups in total. The quantitative estimate of drug-likeness (QED) is 0.536. The second-order valence-corrected chi connectivity index (χ2v) is 8.33. The molecule has 3 aromatic rings. The smallest absolute Gasteiger partial charge is 0.326 e. The lowest BCUT2D eigenvalue weighted by Gasteiger charge is -2.19. The summed E-state index contributed by atoms with van der Waals surface area (Å²) < 4.78 is 1.70. The Morgan fingerprint density at radius 2 is 1.69 bits per heavy atom. The van der Waals surface area contributed by atoms with Crippen molar-refractivity contribution >= 4 is 17.1 Å². The van der Waals surface area contributed by atoms with Crippen LogP contribution in [-0.2, 0) is 18.4 Å². The van der Waals surface area contributed by atoms with E-state index in [4.69, 9.17) is 0 Å². The number of imidazole rings is 1. The Bertz CT molecular complexity index is 1010. The molecule has 0 unspecified atom stereocenters. The molecule has 0 aliphatic heterocycles. The molecule has 0 aliphatic carbocycles. The van der Waals surface area contributed by atoms with E-state index in [1.165, 1.54) is 11.1 Å². The van der Waals surface area contributed by atoms with Crippen LogP contribution in [0.15, 0.2) is 53.3 Å². The molecular weight excluding hydrogens is 364 g/mol. The summed E-state index contributed by atoms with van der Waals surface area (Å²) >= 11 is 0. The number of nitrogens with zero attached hydrogens (tertiary/aromatic N) is 1. The summed E-state index contributed by atoms with van der Waals surface area (Å²) in [4.78, 5) is 26.8. The van der Waals surface area contributed by atoms with Crippen molar-refractivity contribution in [2.75, 3.05) is 13.1 Å². The molecule has 0 saturated heterocycles. The van der Waals surface area contributed by atoms with E-state index in [2.05, 4.69) is 60.7 Å². The Kier molecular flexibility index (Phi) is 6.42. The van der Waals surface area contributed by atoms with E-state index in [9.17, 15) is 9.59 Å². The molecule has 154 valence electrons. The van der Waals surface area contributed by atoms with Gasteiger partial charge in [-0.3, -0.25) is 4.57 Å². The fourth-order valence-corrected chi connectivity index (χ4v) is 3.32. The number of H-pyrrole nitrogens is 1. The highest BCUT2D eigenvalue weighted by Gasteiger charge is 2.12. The normalized spacial score (nSPS) is 11.6. The highest BCUT2D eigenvalue weighted by molar-refractivity contribution is 5.75. The number of hydrogen-bond donors (Lipinski definition) is 3. The molecule has 0 bridgehead atoms. The van der Waals surface area contributed by atoms with Crippen LogP contribution in [0, 0.1) is 0 Å². The van der Waals surface area contributed by atoms with Gasteiger partial charge in [-0.05, 0) is 41.5 Å². The number of aromatic nitrogens is 2. The molecule has 0 spiro atoms. The second-order valence-electron chi connectivity index (χ2n) is 8.33. The number of urea groups is 1. The van der Waals surface area contributed by atoms with Crippen LogP contribution in [0.25, 0.3) is 11.0 Å². The Morgan fingerprint density at radius 3 is 2.41 bits per heavy atom. The average molecular weight is 395 g/mol. The van der Waals surface area contributed by atoms with E-state index in [0.717, 1.165) is 17.5 Å². The standard InChI is InChI=1S/C23H30N4O2/c1-23(2,3)18-11-9-17(10-12-18)13-15-25-21(28)24-14-6-16-27-20-8-5-4-7-19(20)26-22(27)29/h4-5,7-12H,6,13-16H2,1-3H3,(H,26,29)(H2,24,25,28). The molecule has 6 nitrogen and oxygen atoms in total. The van der Waals surface area contributed by atoms with Gasteiger partial charge in [-0.1, -0.05) is 57.2 Å². The lowest BCUT2D eigenvalue weighted by Crippen LogP contribution is -2.37. The summed E-state index contributed by atoms with van der Waals surface area (Å²) in [5.74, 6) is 0. The summed E-state index contributed by atoms with van der Waals surface area (Å²) in [6.07, 6.45) is 1.48. The van der Waals surface area contributed by atoms with Crippen LogP contribution in [0.4, 0.5) is 4.79 Å². The van der Waals surface area contributed by atoms with Crippen molar-refractivity contribution < 1.29 is 4.79 Å². The van der Waals surface area contributed by atoms with Crippen LogP contribution < -0.4 is 16.3 Å². The first-order valence-electron chi connectivity index (χ1n) is 10.1. The topological polar surface area (TPSA) is 78.9 Å². The fourth-order valence-electron chi connectivity index (χ4n) is 3.32. The molecule has 2 amide bonds. The molecule has 0 saturated carbocycles. The molecule has 29 heavy (non-hydrogen) atoms. The third kappa shape index (κ3) is 5.50. The van der Waals surface area contributed by atoms with Crippen molar-refractivity contribution in [3.05, 3.63) is 70.1 Å². The van der Waals surface area contributed by atoms with Crippen molar-refractivity contribution in [1.82, 2.24) is 20.2 Å². The van der Waals surface area contributed by atoms with Gasteiger partial charge >= 0.3 is 11.7 Å². The van der Waals surface area contributed by atoms with Crippen molar-refractivity contribution in [3.8, 4) is 0 Å². The largest absolute Gasteiger partial charge is 0.338 e. The van der Waals surface area contributed by atoms with E-state index < -0.39 is 0 Å². The summed E-state index contributed by atoms with van der Waals surface area (Å²) in [5.41, 5.74) is 4.26. The van der Waals surface area contributed by atoms with Crippen molar-refractivity contribution in [3.63, 3.8) is 0 Å². The third-order valence-electron chi connectivity index (χ3n) is 5.04. The SMILES string of the molecule is CC(C)(C)c1ccc(CCNC(=O)NCCCn2c(=O)[nH]c3ccccc32)cc1. The van der Waals surface area contributed by atoms with Gasteiger partial charge in [-0.15, -0.1) is 0 Å². The molecule has 2 aromatic carbocycles. The number of carbonyl (C=O) groups is 1. The van der Waals surface area contributed by atoms with Crippen LogP contribution >= 0.6 is 0 Å². The van der Waals surface area contributed by atoms with Crippen molar-refractivity contribution in [2.45, 2.75) is 45.6 Å². The van der Waals surface area contributed by atoms with Gasteiger partial charge in [-0.25, -0.2) is 9.59 Å². The van der Waals surface area contributed by atoms with Gasteiger partial charge in [0.25, 0.3) is 0 Å². The van der Waals surface area contributed by atoms with E-state index in [-0.39, 0.29) is 17.1 Å². The van der Waals surface area contributed by atoms with Crippen LogP contribution in [0.2, 0.25) is 0 Å². The number of carbonyl (C=O) groups excluding carboxylic acids is 1. The number of para-hydroxylation sites is 2. The predicted molar refractivity (Wildman–Crippen MR) is 117 cm³/mol. The zero-order valence-electron chi connectivity index (χ0n) is 17.4. The number of amides is 2. The maximum atomic E-state index is 12.0. The van der Waals surface area contributed by atoms with Crippen molar-refractivity contribution in [2.24, 2.45) is 0 Å². The van der Waals surface area contributed by atoms with Gasteiger partial charge in [0, 0.05) is 19.6 Å². The monoisotopic (exact) mass is 394 g/mol. The maximum absolute atomic E-state index is 12.0. The first kappa shape index (κ1) is 20.7. The zero-order chi connectivity index (χ0) is 20.9. The number of hydrogen-bond acceptors (Lipinski definition) is 2. The maximum Gasteiger partial charge on any atom is 0.326 e. The van der Waals surface area contributed by atoms with Gasteiger partial charge in [0.1, 0.15) is 0 Å². The van der Waals surface area contributed by atoms with Gasteiger partial charge < -0.3 is 15.6 Å². The summed E-state index contributed by atoms with van der Waals surface area (Å²) in [7, 11) is 0. The van der Waals surface area contributed by atoms with E-state index in [1.54, 1.807) is 4.57 Å². The van der Waals surface area contributed by atoms with Gasteiger partial charge in [0.2, 0.25) is 0 Å². The average Bonchev–Trinajstić information content (AvgIpc) is 3.00. The molecule has 0 fully saturated rings. The number of aromatic amines is 1. The Morgan fingerprint density at radius 1 is 1.00 bits per heavy atom. The number of fused-ring (bicyclic) bond motifs is 1. The minimum absolute atomic E-state index is 0.117. The van der Waals surface area contributed by atoms with E-state index in [1.807, 2.05) is 24.3 Å². The number of benzene rings is 2. The van der Waals surface area contributed by atoms with Crippen LogP contribution in [0.5, 0.6) is 0 Å². The number of rotatable bonds is 7. The van der Waals surface area contributed by atoms with E-state index >= 15 is 0 Å². The van der Waals surface area contributed by atoms with Crippen LogP contribution in [0.3, 0.4) is 0 Å². The summed E-state index contributed by atoms with van der Waals surface area (Å²) in [6.45, 7) is 8.25. The first-order chi connectivity index (χ1) is 13.8. The minimum atomic E-state index is -0.178. The highest BCUT2D eigenvalue weighted by Crippen LogP contribution is 2.22. The second kappa shape index (κ2) is 8.99.